The first-order chi connectivity index (χ1) is 18.6. The Kier molecular flexibility index (Phi) is 9.03. The zero-order chi connectivity index (χ0) is 28.2. The van der Waals surface area contributed by atoms with Crippen molar-refractivity contribution in [3.8, 4) is 11.6 Å². The molecule has 1 fully saturated rings. The number of aliphatic hydroxyl groups excluding tert-OH is 1. The van der Waals surface area contributed by atoms with Gasteiger partial charge in [-0.2, -0.15) is 15.1 Å². The molecule has 0 spiro atoms. The summed E-state index contributed by atoms with van der Waals surface area (Å²) in [6, 6.07) is 7.36. The van der Waals surface area contributed by atoms with Gasteiger partial charge < -0.3 is 29.6 Å². The van der Waals surface area contributed by atoms with Crippen LogP contribution in [0.5, 0.6) is 11.6 Å². The van der Waals surface area contributed by atoms with Crippen molar-refractivity contribution in [3.05, 3.63) is 36.7 Å². The van der Waals surface area contributed by atoms with Crippen LogP contribution in [0.4, 0.5) is 5.95 Å². The monoisotopic (exact) mass is 564 g/mol. The number of fused-ring (bicyclic) bond motifs is 1. The van der Waals surface area contributed by atoms with Gasteiger partial charge >= 0.3 is 13.7 Å². The van der Waals surface area contributed by atoms with Gasteiger partial charge in [0.1, 0.15) is 24.1 Å². The fourth-order valence-electron chi connectivity index (χ4n) is 3.90. The van der Waals surface area contributed by atoms with Gasteiger partial charge in [0.05, 0.1) is 31.7 Å². The summed E-state index contributed by atoms with van der Waals surface area (Å²) in [4.78, 5) is 25.0. The summed E-state index contributed by atoms with van der Waals surface area (Å²) in [7, 11) is -4.13. The Morgan fingerprint density at radius 3 is 2.72 bits per heavy atom. The highest BCUT2D eigenvalue weighted by Crippen LogP contribution is 2.46. The quantitative estimate of drug-likeness (QED) is 0.216. The van der Waals surface area contributed by atoms with E-state index >= 15 is 0 Å². The van der Waals surface area contributed by atoms with E-state index in [0.29, 0.717) is 17.8 Å². The van der Waals surface area contributed by atoms with Gasteiger partial charge in [0, 0.05) is 6.42 Å². The highest BCUT2D eigenvalue weighted by Gasteiger charge is 2.40. The number of anilines is 1. The highest BCUT2D eigenvalue weighted by atomic mass is 31.2. The van der Waals surface area contributed by atoms with Crippen LogP contribution in [0.15, 0.2) is 36.7 Å². The summed E-state index contributed by atoms with van der Waals surface area (Å²) in [6.07, 6.45) is -1.24. The maximum absolute atomic E-state index is 13.7. The van der Waals surface area contributed by atoms with Gasteiger partial charge in [0.25, 0.3) is 0 Å². The van der Waals surface area contributed by atoms with Crippen molar-refractivity contribution < 1.29 is 37.7 Å². The maximum atomic E-state index is 13.7. The molecule has 4 N–H and O–H groups in total. The number of esters is 1. The van der Waals surface area contributed by atoms with Gasteiger partial charge in [-0.15, -0.1) is 0 Å². The van der Waals surface area contributed by atoms with Crippen LogP contribution in [-0.2, 0) is 23.4 Å². The number of nitrogens with zero attached hydrogens (tertiary/aromatic N) is 4. The lowest BCUT2D eigenvalue weighted by atomic mass is 10.2. The Morgan fingerprint density at radius 1 is 1.28 bits per heavy atom. The van der Waals surface area contributed by atoms with Crippen molar-refractivity contribution in [3.63, 3.8) is 0 Å². The summed E-state index contributed by atoms with van der Waals surface area (Å²) >= 11 is 0. The number of ether oxygens (including phenoxy) is 3. The number of nitrogen functional groups attached to an aromatic ring is 1. The minimum absolute atomic E-state index is 0.00122. The van der Waals surface area contributed by atoms with Gasteiger partial charge in [-0.05, 0) is 39.8 Å². The predicted octanol–water partition coefficient (Wildman–Crippen LogP) is 2.59. The van der Waals surface area contributed by atoms with E-state index in [2.05, 4.69) is 20.0 Å². The molecule has 14 nitrogen and oxygen atoms in total. The average molecular weight is 565 g/mol. The van der Waals surface area contributed by atoms with Crippen LogP contribution in [0.2, 0.25) is 0 Å². The van der Waals surface area contributed by atoms with Crippen molar-refractivity contribution >= 4 is 30.8 Å². The molecule has 1 aliphatic heterocycles. The van der Waals surface area contributed by atoms with Crippen LogP contribution < -0.4 is 20.1 Å². The summed E-state index contributed by atoms with van der Waals surface area (Å²) < 4.78 is 43.4. The number of carbonyl (C=O) groups is 1. The van der Waals surface area contributed by atoms with E-state index in [-0.39, 0.29) is 36.7 Å². The second kappa shape index (κ2) is 12.3. The molecule has 5 atom stereocenters. The number of hydrogen-bond donors (Lipinski definition) is 3. The van der Waals surface area contributed by atoms with Crippen molar-refractivity contribution in [2.75, 3.05) is 18.9 Å². The Bertz CT molecular complexity index is 1320. The minimum Gasteiger partial charge on any atom is -0.476 e. The number of benzene rings is 1. The number of nitrogens with one attached hydrogen (secondary N) is 1. The summed E-state index contributed by atoms with van der Waals surface area (Å²) in [5.74, 6) is -0.119. The van der Waals surface area contributed by atoms with E-state index in [1.54, 1.807) is 48.7 Å². The lowest BCUT2D eigenvalue weighted by molar-refractivity contribution is -0.149. The van der Waals surface area contributed by atoms with Gasteiger partial charge in [-0.1, -0.05) is 18.2 Å². The van der Waals surface area contributed by atoms with Crippen molar-refractivity contribution in [2.45, 2.75) is 64.7 Å². The first-order valence-corrected chi connectivity index (χ1v) is 14.1. The first-order valence-electron chi connectivity index (χ1n) is 12.5. The van der Waals surface area contributed by atoms with E-state index in [4.69, 9.17) is 29.0 Å². The van der Waals surface area contributed by atoms with E-state index in [1.807, 2.05) is 6.92 Å². The van der Waals surface area contributed by atoms with E-state index in [1.165, 1.54) is 13.3 Å². The average Bonchev–Trinajstić information content (AvgIpc) is 3.46. The molecule has 5 unspecified atom stereocenters. The van der Waals surface area contributed by atoms with Crippen molar-refractivity contribution in [1.29, 1.82) is 0 Å². The standard InChI is InChI=1S/C24H33N6O8P/c1-5-34-22-20-21(27-24(25)28-22)30(13-26-20)19-11-17(31)18(37-19)12-35-39(33,38-16-9-7-6-8-10-16)29-15(4)23(32)36-14(2)3/h6-10,13-15,17-19,31H,5,11-12H2,1-4H3,(H,29,33)(H2,25,27,28). The SMILES string of the molecule is CCOc1nc(N)nc2c1ncn2C1CC(O)C(COP(=O)(NC(C)C(=O)OC(C)C)Oc2ccccc2)O1. The molecule has 0 bridgehead atoms. The fourth-order valence-corrected chi connectivity index (χ4v) is 5.40. The fraction of sp³-hybridized carbons (Fsp3) is 0.500. The summed E-state index contributed by atoms with van der Waals surface area (Å²) in [6.45, 7) is 6.76. The number of rotatable bonds is 12. The lowest BCUT2D eigenvalue weighted by Crippen LogP contribution is -2.37. The predicted molar refractivity (Wildman–Crippen MR) is 140 cm³/mol. The highest BCUT2D eigenvalue weighted by molar-refractivity contribution is 7.52. The minimum atomic E-state index is -4.13. The Morgan fingerprint density at radius 2 is 2.03 bits per heavy atom. The van der Waals surface area contributed by atoms with E-state index < -0.39 is 38.2 Å². The molecule has 4 rings (SSSR count). The van der Waals surface area contributed by atoms with Crippen LogP contribution in [0.25, 0.3) is 11.2 Å². The molecular formula is C24H33N6O8P. The Labute approximate surface area is 225 Å². The number of aliphatic hydroxyl groups is 1. The normalized spacial score (nSPS) is 21.5. The number of aromatic nitrogens is 4. The summed E-state index contributed by atoms with van der Waals surface area (Å²) in [5, 5.41) is 13.3. The molecule has 212 valence electrons. The van der Waals surface area contributed by atoms with Crippen LogP contribution in [0, 0.1) is 0 Å². The van der Waals surface area contributed by atoms with Crippen molar-refractivity contribution in [2.24, 2.45) is 0 Å². The molecule has 0 saturated carbocycles. The zero-order valence-corrected chi connectivity index (χ0v) is 23.0. The third-order valence-electron chi connectivity index (χ3n) is 5.64. The topological polar surface area (TPSA) is 182 Å². The Balaban J connectivity index is 1.49. The molecule has 1 aromatic carbocycles. The van der Waals surface area contributed by atoms with Gasteiger partial charge in [0.15, 0.2) is 11.2 Å². The zero-order valence-electron chi connectivity index (χ0n) is 22.1. The van der Waals surface area contributed by atoms with Crippen LogP contribution >= 0.6 is 7.75 Å². The smallest absolute Gasteiger partial charge is 0.459 e. The Hall–Kier alpha value is -3.29. The number of imidazole rings is 1. The van der Waals surface area contributed by atoms with E-state index in [0.717, 1.165) is 0 Å². The molecule has 0 amide bonds. The second-order valence-corrected chi connectivity index (χ2v) is 10.8. The maximum Gasteiger partial charge on any atom is 0.459 e. The summed E-state index contributed by atoms with van der Waals surface area (Å²) in [5.41, 5.74) is 6.62. The van der Waals surface area contributed by atoms with Gasteiger partial charge in [0.2, 0.25) is 11.8 Å². The molecular weight excluding hydrogens is 531 g/mol. The number of para-hydroxylation sites is 1. The van der Waals surface area contributed by atoms with Gasteiger partial charge in [-0.25, -0.2) is 9.55 Å². The molecule has 3 heterocycles. The molecule has 1 saturated heterocycles. The molecule has 0 radical (unpaired) electrons. The largest absolute Gasteiger partial charge is 0.476 e. The third-order valence-corrected chi connectivity index (χ3v) is 7.28. The van der Waals surface area contributed by atoms with Crippen LogP contribution in [0.3, 0.4) is 0 Å². The second-order valence-electron chi connectivity index (χ2n) is 9.11. The lowest BCUT2D eigenvalue weighted by Gasteiger charge is -2.25. The van der Waals surface area contributed by atoms with E-state index in [9.17, 15) is 14.5 Å². The third kappa shape index (κ3) is 7.02. The molecule has 1 aliphatic rings. The number of hydrogen-bond acceptors (Lipinski definition) is 12. The van der Waals surface area contributed by atoms with Crippen LogP contribution in [-0.4, -0.2) is 68.2 Å². The molecule has 2 aromatic heterocycles. The molecule has 3 aromatic rings. The first kappa shape index (κ1) is 28.7. The van der Waals surface area contributed by atoms with Gasteiger partial charge in [-0.3, -0.25) is 13.9 Å². The molecule has 15 heteroatoms. The number of carbonyl (C=O) groups excluding carboxylic acids is 1. The number of nitrogens with two attached hydrogens (primary N) is 1. The molecule has 39 heavy (non-hydrogen) atoms. The van der Waals surface area contributed by atoms with Crippen LogP contribution in [0.1, 0.15) is 40.3 Å². The van der Waals surface area contributed by atoms with Crippen molar-refractivity contribution in [1.82, 2.24) is 24.6 Å². The molecule has 0 aliphatic carbocycles.